The average Bonchev–Trinajstić information content (AvgIpc) is 2.75. The Morgan fingerprint density at radius 3 is 2.90 bits per heavy atom. The van der Waals surface area contributed by atoms with Crippen molar-refractivity contribution < 1.29 is 9.59 Å². The molecule has 2 heterocycles. The lowest BCUT2D eigenvalue weighted by Crippen LogP contribution is -2.39. The first-order valence-electron chi connectivity index (χ1n) is 6.89. The molecule has 5 heteroatoms. The van der Waals surface area contributed by atoms with E-state index in [0.29, 0.717) is 12.8 Å². The van der Waals surface area contributed by atoms with E-state index in [1.807, 2.05) is 17.8 Å². The number of hydrogen-bond donors (Lipinski definition) is 1. The van der Waals surface area contributed by atoms with E-state index < -0.39 is 0 Å². The average molecular weight is 271 g/mol. The second-order valence-corrected chi connectivity index (χ2v) is 5.22. The number of aryl methyl sites for hydroxylation is 2. The summed E-state index contributed by atoms with van der Waals surface area (Å²) < 4.78 is 1.81. The molecule has 0 saturated carbocycles. The molecule has 104 valence electrons. The third-order valence-corrected chi connectivity index (χ3v) is 3.92. The Balaban J connectivity index is 2.08. The van der Waals surface area contributed by atoms with E-state index in [4.69, 9.17) is 0 Å². The number of carbonyl (C=O) groups excluding carboxylic acids is 2. The zero-order chi connectivity index (χ0) is 14.3. The van der Waals surface area contributed by atoms with Gasteiger partial charge in [-0.2, -0.15) is 5.10 Å². The zero-order valence-corrected chi connectivity index (χ0v) is 11.6. The lowest BCUT2D eigenvalue weighted by molar-refractivity contribution is -0.134. The highest BCUT2D eigenvalue weighted by atomic mass is 16.2. The molecule has 1 saturated heterocycles. The predicted molar refractivity (Wildman–Crippen MR) is 75.2 cm³/mol. The van der Waals surface area contributed by atoms with Gasteiger partial charge in [0.05, 0.1) is 17.1 Å². The van der Waals surface area contributed by atoms with Gasteiger partial charge in [-0.05, 0) is 24.5 Å². The molecule has 0 radical (unpaired) electrons. The Labute approximate surface area is 117 Å². The van der Waals surface area contributed by atoms with Gasteiger partial charge >= 0.3 is 0 Å². The number of rotatable bonds is 2. The standard InChI is InChI=1S/C15H17N3O2/c1-3-9-4-5-10-12(8-9)18(2)17-14(10)11-6-7-13(19)16-15(11)20/h4-5,8,11H,3,6-7H2,1-2H3,(H,16,19,20). The van der Waals surface area contributed by atoms with Crippen LogP contribution in [0.5, 0.6) is 0 Å². The number of fused-ring (bicyclic) bond motifs is 1. The van der Waals surface area contributed by atoms with E-state index in [1.165, 1.54) is 5.56 Å². The summed E-state index contributed by atoms with van der Waals surface area (Å²) in [6.45, 7) is 2.11. The maximum Gasteiger partial charge on any atom is 0.235 e. The molecule has 1 aromatic heterocycles. The van der Waals surface area contributed by atoms with Crippen LogP contribution >= 0.6 is 0 Å². The van der Waals surface area contributed by atoms with Crippen LogP contribution in [0.15, 0.2) is 18.2 Å². The van der Waals surface area contributed by atoms with Crippen molar-refractivity contribution in [3.05, 3.63) is 29.5 Å². The van der Waals surface area contributed by atoms with Crippen molar-refractivity contribution in [3.8, 4) is 0 Å². The van der Waals surface area contributed by atoms with Crippen molar-refractivity contribution >= 4 is 22.7 Å². The van der Waals surface area contributed by atoms with Gasteiger partial charge in [-0.1, -0.05) is 19.1 Å². The quantitative estimate of drug-likeness (QED) is 0.845. The van der Waals surface area contributed by atoms with Crippen LogP contribution in [-0.2, 0) is 23.1 Å². The first kappa shape index (κ1) is 12.8. The first-order chi connectivity index (χ1) is 9.60. The fourth-order valence-corrected chi connectivity index (χ4v) is 2.76. The summed E-state index contributed by atoms with van der Waals surface area (Å²) in [4.78, 5) is 23.2. The fourth-order valence-electron chi connectivity index (χ4n) is 2.76. The largest absolute Gasteiger partial charge is 0.296 e. The summed E-state index contributed by atoms with van der Waals surface area (Å²) in [7, 11) is 1.89. The molecule has 2 amide bonds. The smallest absolute Gasteiger partial charge is 0.235 e. The summed E-state index contributed by atoms with van der Waals surface area (Å²) in [6, 6.07) is 6.21. The Kier molecular flexibility index (Phi) is 3.04. The van der Waals surface area contributed by atoms with Crippen molar-refractivity contribution in [1.29, 1.82) is 0 Å². The van der Waals surface area contributed by atoms with Gasteiger partial charge < -0.3 is 0 Å². The van der Waals surface area contributed by atoms with E-state index in [0.717, 1.165) is 23.0 Å². The molecular weight excluding hydrogens is 254 g/mol. The van der Waals surface area contributed by atoms with E-state index in [2.05, 4.69) is 29.5 Å². The molecule has 0 bridgehead atoms. The lowest BCUT2D eigenvalue weighted by atomic mass is 9.92. The Hall–Kier alpha value is -2.17. The van der Waals surface area contributed by atoms with Crippen LogP contribution in [0.1, 0.15) is 36.9 Å². The SMILES string of the molecule is CCc1ccc2c(C3CCC(=O)NC3=O)nn(C)c2c1. The van der Waals surface area contributed by atoms with Crippen LogP contribution < -0.4 is 5.32 Å². The summed E-state index contributed by atoms with van der Waals surface area (Å²) in [5.74, 6) is -0.760. The zero-order valence-electron chi connectivity index (χ0n) is 11.6. The van der Waals surface area contributed by atoms with E-state index in [1.54, 1.807) is 0 Å². The molecule has 1 aromatic carbocycles. The van der Waals surface area contributed by atoms with Crippen molar-refractivity contribution in [2.75, 3.05) is 0 Å². The van der Waals surface area contributed by atoms with Crippen molar-refractivity contribution in [1.82, 2.24) is 15.1 Å². The molecular formula is C15H17N3O2. The van der Waals surface area contributed by atoms with Gasteiger partial charge in [-0.3, -0.25) is 19.6 Å². The topological polar surface area (TPSA) is 64.0 Å². The third-order valence-electron chi connectivity index (χ3n) is 3.92. The van der Waals surface area contributed by atoms with Crippen LogP contribution in [0, 0.1) is 0 Å². The minimum absolute atomic E-state index is 0.195. The number of amides is 2. The van der Waals surface area contributed by atoms with Gasteiger partial charge in [0, 0.05) is 18.9 Å². The molecule has 1 aliphatic heterocycles. The van der Waals surface area contributed by atoms with Gasteiger partial charge in [0.2, 0.25) is 11.8 Å². The number of hydrogen-bond acceptors (Lipinski definition) is 3. The number of nitrogens with zero attached hydrogens (tertiary/aromatic N) is 2. The molecule has 0 spiro atoms. The second-order valence-electron chi connectivity index (χ2n) is 5.22. The van der Waals surface area contributed by atoms with E-state index in [9.17, 15) is 9.59 Å². The number of nitrogens with one attached hydrogen (secondary N) is 1. The number of carbonyl (C=O) groups is 2. The highest BCUT2D eigenvalue weighted by Crippen LogP contribution is 2.30. The molecule has 1 atom stereocenters. The maximum absolute atomic E-state index is 12.0. The van der Waals surface area contributed by atoms with Crippen molar-refractivity contribution in [2.45, 2.75) is 32.1 Å². The molecule has 0 aliphatic carbocycles. The van der Waals surface area contributed by atoms with Crippen LogP contribution in [-0.4, -0.2) is 21.6 Å². The molecule has 3 rings (SSSR count). The van der Waals surface area contributed by atoms with Crippen LogP contribution in [0.2, 0.25) is 0 Å². The van der Waals surface area contributed by atoms with Gasteiger partial charge in [-0.15, -0.1) is 0 Å². The van der Waals surface area contributed by atoms with Crippen molar-refractivity contribution in [2.24, 2.45) is 7.05 Å². The Bertz CT molecular complexity index is 702. The van der Waals surface area contributed by atoms with Crippen LogP contribution in [0.4, 0.5) is 0 Å². The summed E-state index contributed by atoms with van der Waals surface area (Å²) in [6.07, 6.45) is 1.88. The first-order valence-corrected chi connectivity index (χ1v) is 6.89. The summed E-state index contributed by atoms with van der Waals surface area (Å²) in [5, 5.41) is 7.91. The monoisotopic (exact) mass is 271 g/mol. The molecule has 5 nitrogen and oxygen atoms in total. The maximum atomic E-state index is 12.0. The molecule has 1 aliphatic rings. The number of aromatic nitrogens is 2. The minimum Gasteiger partial charge on any atom is -0.296 e. The number of imide groups is 1. The van der Waals surface area contributed by atoms with Gasteiger partial charge in [0.15, 0.2) is 0 Å². The number of piperidine rings is 1. The van der Waals surface area contributed by atoms with E-state index >= 15 is 0 Å². The molecule has 1 N–H and O–H groups in total. The van der Waals surface area contributed by atoms with Gasteiger partial charge in [0.25, 0.3) is 0 Å². The molecule has 20 heavy (non-hydrogen) atoms. The van der Waals surface area contributed by atoms with Crippen LogP contribution in [0.3, 0.4) is 0 Å². The van der Waals surface area contributed by atoms with Crippen molar-refractivity contribution in [3.63, 3.8) is 0 Å². The van der Waals surface area contributed by atoms with E-state index in [-0.39, 0.29) is 17.7 Å². The molecule has 1 unspecified atom stereocenters. The highest BCUT2D eigenvalue weighted by molar-refractivity contribution is 6.02. The minimum atomic E-state index is -0.330. The third kappa shape index (κ3) is 1.99. The van der Waals surface area contributed by atoms with Crippen LogP contribution in [0.25, 0.3) is 10.9 Å². The Morgan fingerprint density at radius 2 is 2.20 bits per heavy atom. The molecule has 1 fully saturated rings. The van der Waals surface area contributed by atoms with Gasteiger partial charge in [-0.25, -0.2) is 0 Å². The van der Waals surface area contributed by atoms with Gasteiger partial charge in [0.1, 0.15) is 0 Å². The lowest BCUT2D eigenvalue weighted by Gasteiger charge is -2.19. The normalized spacial score (nSPS) is 19.4. The summed E-state index contributed by atoms with van der Waals surface area (Å²) in [5.41, 5.74) is 3.05. The Morgan fingerprint density at radius 1 is 1.40 bits per heavy atom. The summed E-state index contributed by atoms with van der Waals surface area (Å²) >= 11 is 0. The highest BCUT2D eigenvalue weighted by Gasteiger charge is 2.31. The second kappa shape index (κ2) is 4.74. The fraction of sp³-hybridized carbons (Fsp3) is 0.400. The predicted octanol–water partition coefficient (Wildman–Crippen LogP) is 1.66. The molecule has 2 aromatic rings. The number of benzene rings is 1.